The monoisotopic (exact) mass is 337 g/mol. The number of para-hydroxylation sites is 1. The second kappa shape index (κ2) is 8.65. The summed E-state index contributed by atoms with van der Waals surface area (Å²) in [5, 5.41) is 6.53. The van der Waals surface area contributed by atoms with Gasteiger partial charge in [-0.15, -0.1) is 0 Å². The van der Waals surface area contributed by atoms with Gasteiger partial charge in [-0.05, 0) is 43.0 Å². The lowest BCUT2D eigenvalue weighted by Crippen LogP contribution is -2.19. The first-order valence-electron chi connectivity index (χ1n) is 9.38. The Hall–Kier alpha value is -2.36. The molecule has 2 N–H and O–H groups in total. The van der Waals surface area contributed by atoms with Crippen LogP contribution in [-0.2, 0) is 6.42 Å². The number of nitrogens with one attached hydrogen (secondary N) is 2. The molecule has 4 heteroatoms. The second-order valence-corrected chi connectivity index (χ2v) is 6.73. The molecule has 1 amide bonds. The summed E-state index contributed by atoms with van der Waals surface area (Å²) in [6.45, 7) is 2.08. The number of hydrogen-bond donors (Lipinski definition) is 2. The highest BCUT2D eigenvalue weighted by atomic mass is 16.1. The van der Waals surface area contributed by atoms with E-state index in [1.807, 2.05) is 30.3 Å². The SMILES string of the molecule is CCc1ccccc1NC(=O)c1ccc(NC2CCCCCC2)cn1. The molecule has 0 bridgehead atoms. The Morgan fingerprint density at radius 3 is 2.52 bits per heavy atom. The molecule has 0 aliphatic heterocycles. The third-order valence-electron chi connectivity index (χ3n) is 4.87. The van der Waals surface area contributed by atoms with Crippen molar-refractivity contribution in [2.45, 2.75) is 57.9 Å². The summed E-state index contributed by atoms with van der Waals surface area (Å²) in [7, 11) is 0. The van der Waals surface area contributed by atoms with E-state index in [-0.39, 0.29) is 5.91 Å². The summed E-state index contributed by atoms with van der Waals surface area (Å²) in [6, 6.07) is 12.2. The number of amides is 1. The van der Waals surface area contributed by atoms with Gasteiger partial charge in [0.1, 0.15) is 5.69 Å². The molecule has 1 fully saturated rings. The van der Waals surface area contributed by atoms with Crippen LogP contribution in [0.25, 0.3) is 0 Å². The molecule has 0 saturated heterocycles. The maximum atomic E-state index is 12.4. The van der Waals surface area contributed by atoms with E-state index in [4.69, 9.17) is 0 Å². The van der Waals surface area contributed by atoms with Gasteiger partial charge in [0.25, 0.3) is 5.91 Å². The molecule has 0 spiro atoms. The van der Waals surface area contributed by atoms with Gasteiger partial charge in [0.15, 0.2) is 0 Å². The Bertz CT molecular complexity index is 689. The van der Waals surface area contributed by atoms with E-state index >= 15 is 0 Å². The molecule has 1 aromatic carbocycles. The van der Waals surface area contributed by atoms with Crippen molar-refractivity contribution in [3.8, 4) is 0 Å². The quantitative estimate of drug-likeness (QED) is 0.752. The molecule has 1 aliphatic rings. The number of rotatable bonds is 5. The van der Waals surface area contributed by atoms with Gasteiger partial charge in [0, 0.05) is 11.7 Å². The average Bonchev–Trinajstić information content (AvgIpc) is 2.91. The van der Waals surface area contributed by atoms with Gasteiger partial charge >= 0.3 is 0 Å². The molecule has 1 aromatic heterocycles. The Morgan fingerprint density at radius 1 is 1.08 bits per heavy atom. The molecule has 4 nitrogen and oxygen atoms in total. The highest BCUT2D eigenvalue weighted by Crippen LogP contribution is 2.21. The number of anilines is 2. The van der Waals surface area contributed by atoms with Crippen molar-refractivity contribution in [2.75, 3.05) is 10.6 Å². The predicted molar refractivity (Wildman–Crippen MR) is 103 cm³/mol. The van der Waals surface area contributed by atoms with Crippen LogP contribution in [-0.4, -0.2) is 16.9 Å². The number of hydrogen-bond acceptors (Lipinski definition) is 3. The van der Waals surface area contributed by atoms with Crippen molar-refractivity contribution in [2.24, 2.45) is 0 Å². The van der Waals surface area contributed by atoms with Crippen LogP contribution in [0.3, 0.4) is 0 Å². The number of aryl methyl sites for hydroxylation is 1. The smallest absolute Gasteiger partial charge is 0.274 e. The third-order valence-corrected chi connectivity index (χ3v) is 4.87. The zero-order valence-electron chi connectivity index (χ0n) is 14.9. The molecular formula is C21H27N3O. The van der Waals surface area contributed by atoms with Crippen LogP contribution in [0.5, 0.6) is 0 Å². The largest absolute Gasteiger partial charge is 0.381 e. The molecule has 2 aromatic rings. The lowest BCUT2D eigenvalue weighted by Gasteiger charge is -2.17. The second-order valence-electron chi connectivity index (χ2n) is 6.73. The van der Waals surface area contributed by atoms with Gasteiger partial charge in [-0.1, -0.05) is 50.8 Å². The Kier molecular flexibility index (Phi) is 6.04. The lowest BCUT2D eigenvalue weighted by atomic mass is 10.1. The third kappa shape index (κ3) is 4.81. The highest BCUT2D eigenvalue weighted by Gasteiger charge is 2.13. The molecule has 1 aliphatic carbocycles. The predicted octanol–water partition coefficient (Wildman–Crippen LogP) is 5.03. The van der Waals surface area contributed by atoms with Crippen LogP contribution in [0.2, 0.25) is 0 Å². The Labute approximate surface area is 150 Å². The number of carbonyl (C=O) groups excluding carboxylic acids is 1. The summed E-state index contributed by atoms with van der Waals surface area (Å²) in [5.41, 5.74) is 3.43. The molecule has 3 rings (SSSR count). The number of benzene rings is 1. The molecule has 1 saturated carbocycles. The molecule has 25 heavy (non-hydrogen) atoms. The van der Waals surface area contributed by atoms with Crippen molar-refractivity contribution >= 4 is 17.3 Å². The fourth-order valence-corrected chi connectivity index (χ4v) is 3.41. The van der Waals surface area contributed by atoms with Crippen molar-refractivity contribution in [3.05, 3.63) is 53.9 Å². The molecular weight excluding hydrogens is 310 g/mol. The summed E-state index contributed by atoms with van der Waals surface area (Å²) < 4.78 is 0. The van der Waals surface area contributed by atoms with Gasteiger partial charge in [-0.25, -0.2) is 4.98 Å². The van der Waals surface area contributed by atoms with Gasteiger partial charge in [-0.3, -0.25) is 4.79 Å². The van der Waals surface area contributed by atoms with E-state index in [0.717, 1.165) is 23.4 Å². The minimum Gasteiger partial charge on any atom is -0.381 e. The molecule has 0 unspecified atom stereocenters. The number of aromatic nitrogens is 1. The maximum absolute atomic E-state index is 12.4. The molecule has 132 valence electrons. The summed E-state index contributed by atoms with van der Waals surface area (Å²) in [4.78, 5) is 16.8. The Balaban J connectivity index is 1.62. The normalized spacial score (nSPS) is 15.4. The van der Waals surface area contributed by atoms with Gasteiger partial charge < -0.3 is 10.6 Å². The minimum absolute atomic E-state index is 0.165. The van der Waals surface area contributed by atoms with Crippen molar-refractivity contribution in [3.63, 3.8) is 0 Å². The van der Waals surface area contributed by atoms with E-state index in [9.17, 15) is 4.79 Å². The Morgan fingerprint density at radius 2 is 1.84 bits per heavy atom. The fourth-order valence-electron chi connectivity index (χ4n) is 3.41. The van der Waals surface area contributed by atoms with Gasteiger partial charge in [-0.2, -0.15) is 0 Å². The standard InChI is InChI=1S/C21H27N3O/c1-2-16-9-7-8-12-19(16)24-21(25)20-14-13-18(15-22-20)23-17-10-5-3-4-6-11-17/h7-9,12-15,17,23H,2-6,10-11H2,1H3,(H,24,25). The van der Waals surface area contributed by atoms with Crippen LogP contribution in [0.1, 0.15) is 61.5 Å². The summed E-state index contributed by atoms with van der Waals surface area (Å²) in [6.07, 6.45) is 10.4. The van der Waals surface area contributed by atoms with E-state index < -0.39 is 0 Å². The average molecular weight is 337 g/mol. The molecule has 0 atom stereocenters. The fraction of sp³-hybridized carbons (Fsp3) is 0.429. The molecule has 0 radical (unpaired) electrons. The van der Waals surface area contributed by atoms with E-state index in [1.54, 1.807) is 12.3 Å². The number of nitrogens with zero attached hydrogens (tertiary/aromatic N) is 1. The van der Waals surface area contributed by atoms with Crippen molar-refractivity contribution in [1.29, 1.82) is 0 Å². The van der Waals surface area contributed by atoms with Crippen LogP contribution >= 0.6 is 0 Å². The van der Waals surface area contributed by atoms with Gasteiger partial charge in [0.2, 0.25) is 0 Å². The van der Waals surface area contributed by atoms with Crippen LogP contribution < -0.4 is 10.6 Å². The molecule has 1 heterocycles. The lowest BCUT2D eigenvalue weighted by molar-refractivity contribution is 0.102. The summed E-state index contributed by atoms with van der Waals surface area (Å²) in [5.74, 6) is -0.165. The van der Waals surface area contributed by atoms with Gasteiger partial charge in [0.05, 0.1) is 11.9 Å². The first-order chi connectivity index (χ1) is 12.3. The minimum atomic E-state index is -0.165. The zero-order valence-corrected chi connectivity index (χ0v) is 14.9. The van der Waals surface area contributed by atoms with Crippen LogP contribution in [0, 0.1) is 0 Å². The summed E-state index contributed by atoms with van der Waals surface area (Å²) >= 11 is 0. The van der Waals surface area contributed by atoms with Crippen LogP contribution in [0.4, 0.5) is 11.4 Å². The first-order valence-corrected chi connectivity index (χ1v) is 9.38. The van der Waals surface area contributed by atoms with Crippen LogP contribution in [0.15, 0.2) is 42.6 Å². The van der Waals surface area contributed by atoms with Crippen molar-refractivity contribution in [1.82, 2.24) is 4.98 Å². The highest BCUT2D eigenvalue weighted by molar-refractivity contribution is 6.03. The number of carbonyl (C=O) groups is 1. The van der Waals surface area contributed by atoms with Crippen molar-refractivity contribution < 1.29 is 4.79 Å². The van der Waals surface area contributed by atoms with E-state index in [2.05, 4.69) is 22.5 Å². The first kappa shape index (κ1) is 17.5. The number of pyridine rings is 1. The van der Waals surface area contributed by atoms with E-state index in [1.165, 1.54) is 38.5 Å². The van der Waals surface area contributed by atoms with E-state index in [0.29, 0.717) is 11.7 Å². The maximum Gasteiger partial charge on any atom is 0.274 e. The zero-order chi connectivity index (χ0) is 17.5. The topological polar surface area (TPSA) is 54.0 Å².